The number of methoxy groups -OCH3 is 1. The second-order valence-electron chi connectivity index (χ2n) is 3.02. The van der Waals surface area contributed by atoms with Crippen molar-refractivity contribution in [2.24, 2.45) is 0 Å². The van der Waals surface area contributed by atoms with Crippen molar-refractivity contribution >= 4 is 12.2 Å². The van der Waals surface area contributed by atoms with E-state index >= 15 is 0 Å². The molecule has 78 valence electrons. The summed E-state index contributed by atoms with van der Waals surface area (Å²) in [6.45, 7) is 0.614. The van der Waals surface area contributed by atoms with Crippen LogP contribution in [0.4, 0.5) is 0 Å². The van der Waals surface area contributed by atoms with Crippen molar-refractivity contribution in [3.05, 3.63) is 34.6 Å². The first-order valence-electron chi connectivity index (χ1n) is 4.40. The summed E-state index contributed by atoms with van der Waals surface area (Å²) in [6.07, 6.45) is 0. The fourth-order valence-electron chi connectivity index (χ4n) is 1.27. The van der Waals surface area contributed by atoms with Gasteiger partial charge in [-0.15, -0.1) is 0 Å². The summed E-state index contributed by atoms with van der Waals surface area (Å²) in [6, 6.07) is 7.77. The van der Waals surface area contributed by atoms with Gasteiger partial charge in [-0.3, -0.25) is 0 Å². The fourth-order valence-corrected chi connectivity index (χ4v) is 1.42. The fraction of sp³-hybridized carbons (Fsp3) is 0.222. The summed E-state index contributed by atoms with van der Waals surface area (Å²) < 4.78 is 7.25. The Morgan fingerprint density at radius 3 is 3.07 bits per heavy atom. The van der Waals surface area contributed by atoms with Gasteiger partial charge in [-0.05, 0) is 29.9 Å². The van der Waals surface area contributed by atoms with Gasteiger partial charge >= 0.3 is 0 Å². The minimum absolute atomic E-state index is 0.442. The standard InChI is InChI=1S/C9H10N4OS/c1-14-8-4-2-3-7(5-8)6-13-9(15)10-11-12-13/h2-5H,6H2,1H3,(H,10,12,15). The van der Waals surface area contributed by atoms with Crippen LogP contribution in [0, 0.1) is 4.77 Å². The molecule has 0 unspecified atom stereocenters. The lowest BCUT2D eigenvalue weighted by Gasteiger charge is -2.04. The highest BCUT2D eigenvalue weighted by molar-refractivity contribution is 7.71. The molecule has 0 aliphatic rings. The van der Waals surface area contributed by atoms with Gasteiger partial charge in [0.05, 0.1) is 13.7 Å². The molecule has 1 aromatic carbocycles. The molecule has 0 atom stereocenters. The number of rotatable bonds is 3. The summed E-state index contributed by atoms with van der Waals surface area (Å²) >= 11 is 4.97. The Labute approximate surface area is 91.7 Å². The molecule has 0 amide bonds. The Morgan fingerprint density at radius 1 is 1.53 bits per heavy atom. The van der Waals surface area contributed by atoms with Gasteiger partial charge in [0.1, 0.15) is 5.75 Å². The number of hydrogen-bond donors (Lipinski definition) is 1. The van der Waals surface area contributed by atoms with Crippen LogP contribution in [-0.2, 0) is 6.54 Å². The van der Waals surface area contributed by atoms with Crippen LogP contribution in [0.1, 0.15) is 5.56 Å². The number of nitrogens with zero attached hydrogens (tertiary/aromatic N) is 3. The average molecular weight is 222 g/mol. The largest absolute Gasteiger partial charge is 0.497 e. The number of nitrogens with one attached hydrogen (secondary N) is 1. The Hall–Kier alpha value is -1.69. The second kappa shape index (κ2) is 4.22. The number of hydrogen-bond acceptors (Lipinski definition) is 4. The maximum atomic E-state index is 5.13. The van der Waals surface area contributed by atoms with E-state index in [2.05, 4.69) is 15.5 Å². The molecular formula is C9H10N4OS. The Balaban J connectivity index is 2.24. The summed E-state index contributed by atoms with van der Waals surface area (Å²) in [7, 11) is 1.64. The zero-order valence-electron chi connectivity index (χ0n) is 8.17. The van der Waals surface area contributed by atoms with Crippen LogP contribution in [0.3, 0.4) is 0 Å². The van der Waals surface area contributed by atoms with E-state index in [4.69, 9.17) is 17.0 Å². The number of benzene rings is 1. The summed E-state index contributed by atoms with van der Waals surface area (Å²) in [4.78, 5) is 0. The molecule has 1 aromatic heterocycles. The number of H-pyrrole nitrogens is 1. The average Bonchev–Trinajstić information content (AvgIpc) is 2.65. The quantitative estimate of drug-likeness (QED) is 0.797. The Kier molecular flexibility index (Phi) is 2.77. The summed E-state index contributed by atoms with van der Waals surface area (Å²) in [5.74, 6) is 0.825. The zero-order valence-corrected chi connectivity index (χ0v) is 8.99. The van der Waals surface area contributed by atoms with E-state index in [1.807, 2.05) is 24.3 Å². The molecule has 1 N–H and O–H groups in total. The van der Waals surface area contributed by atoms with Gasteiger partial charge in [-0.25, -0.2) is 4.68 Å². The Morgan fingerprint density at radius 2 is 2.40 bits per heavy atom. The number of ether oxygens (including phenoxy) is 1. The molecule has 0 spiro atoms. The van der Waals surface area contributed by atoms with E-state index < -0.39 is 0 Å². The first-order chi connectivity index (χ1) is 7.29. The van der Waals surface area contributed by atoms with E-state index in [0.29, 0.717) is 11.3 Å². The molecule has 2 aromatic rings. The molecule has 2 rings (SSSR count). The normalized spacial score (nSPS) is 10.2. The molecular weight excluding hydrogens is 212 g/mol. The van der Waals surface area contributed by atoms with Crippen molar-refractivity contribution in [2.45, 2.75) is 6.54 Å². The highest BCUT2D eigenvalue weighted by atomic mass is 32.1. The van der Waals surface area contributed by atoms with E-state index in [-0.39, 0.29) is 0 Å². The van der Waals surface area contributed by atoms with Crippen LogP contribution >= 0.6 is 12.2 Å². The van der Waals surface area contributed by atoms with Gasteiger partial charge in [0.25, 0.3) is 0 Å². The van der Waals surface area contributed by atoms with Crippen molar-refractivity contribution in [2.75, 3.05) is 7.11 Å². The van der Waals surface area contributed by atoms with Crippen LogP contribution in [-0.4, -0.2) is 27.3 Å². The highest BCUT2D eigenvalue weighted by Gasteiger charge is 1.99. The van der Waals surface area contributed by atoms with E-state index in [1.165, 1.54) is 0 Å². The van der Waals surface area contributed by atoms with Crippen LogP contribution in [0.2, 0.25) is 0 Å². The monoisotopic (exact) mass is 222 g/mol. The molecule has 0 aliphatic carbocycles. The lowest BCUT2D eigenvalue weighted by molar-refractivity contribution is 0.414. The van der Waals surface area contributed by atoms with Crippen LogP contribution in [0.15, 0.2) is 24.3 Å². The third-order valence-corrected chi connectivity index (χ3v) is 2.31. The minimum atomic E-state index is 0.442. The minimum Gasteiger partial charge on any atom is -0.497 e. The molecule has 6 heteroatoms. The molecule has 1 heterocycles. The highest BCUT2D eigenvalue weighted by Crippen LogP contribution is 2.13. The topological polar surface area (TPSA) is 55.7 Å². The molecule has 0 fully saturated rings. The van der Waals surface area contributed by atoms with Crippen LogP contribution < -0.4 is 4.74 Å². The van der Waals surface area contributed by atoms with Crippen LogP contribution in [0.25, 0.3) is 0 Å². The molecule has 5 nitrogen and oxygen atoms in total. The maximum absolute atomic E-state index is 5.13. The smallest absolute Gasteiger partial charge is 0.238 e. The maximum Gasteiger partial charge on any atom is 0.238 e. The van der Waals surface area contributed by atoms with E-state index in [1.54, 1.807) is 11.8 Å². The van der Waals surface area contributed by atoms with E-state index in [9.17, 15) is 0 Å². The van der Waals surface area contributed by atoms with Crippen molar-refractivity contribution in [3.8, 4) is 5.75 Å². The lowest BCUT2D eigenvalue weighted by Crippen LogP contribution is -2.02. The second-order valence-corrected chi connectivity index (χ2v) is 3.39. The molecule has 0 saturated carbocycles. The summed E-state index contributed by atoms with van der Waals surface area (Å²) in [5.41, 5.74) is 1.08. The third kappa shape index (κ3) is 2.21. The predicted octanol–water partition coefficient (Wildman–Crippen LogP) is 1.39. The van der Waals surface area contributed by atoms with Gasteiger partial charge in [0.15, 0.2) is 0 Å². The third-order valence-electron chi connectivity index (χ3n) is 2.01. The number of tetrazole rings is 1. The molecule has 0 saturated heterocycles. The molecule has 15 heavy (non-hydrogen) atoms. The summed E-state index contributed by atoms with van der Waals surface area (Å²) in [5, 5.41) is 10.0. The molecule has 0 bridgehead atoms. The van der Waals surface area contributed by atoms with Gasteiger partial charge in [0.2, 0.25) is 4.77 Å². The van der Waals surface area contributed by atoms with Crippen molar-refractivity contribution in [1.82, 2.24) is 20.2 Å². The SMILES string of the molecule is COc1cccc(Cn2[nH]nnc2=S)c1. The predicted molar refractivity (Wildman–Crippen MR) is 57.3 cm³/mol. The first kappa shape index (κ1) is 9.85. The van der Waals surface area contributed by atoms with Gasteiger partial charge < -0.3 is 4.74 Å². The zero-order chi connectivity index (χ0) is 10.7. The van der Waals surface area contributed by atoms with Gasteiger partial charge in [-0.1, -0.05) is 22.4 Å². The lowest BCUT2D eigenvalue weighted by atomic mass is 10.2. The van der Waals surface area contributed by atoms with Crippen molar-refractivity contribution in [1.29, 1.82) is 0 Å². The van der Waals surface area contributed by atoms with Gasteiger partial charge in [0, 0.05) is 0 Å². The number of aromatic amines is 1. The van der Waals surface area contributed by atoms with Crippen LogP contribution in [0.5, 0.6) is 5.75 Å². The van der Waals surface area contributed by atoms with Gasteiger partial charge in [-0.2, -0.15) is 5.21 Å². The molecule has 0 radical (unpaired) electrons. The van der Waals surface area contributed by atoms with Crippen molar-refractivity contribution < 1.29 is 4.74 Å². The number of aromatic nitrogens is 4. The van der Waals surface area contributed by atoms with E-state index in [0.717, 1.165) is 11.3 Å². The first-order valence-corrected chi connectivity index (χ1v) is 4.81. The Bertz CT molecular complexity index is 505. The molecule has 0 aliphatic heterocycles. The van der Waals surface area contributed by atoms with Crippen molar-refractivity contribution in [3.63, 3.8) is 0 Å².